The second-order valence-corrected chi connectivity index (χ2v) is 10.9. The van der Waals surface area contributed by atoms with Crippen molar-refractivity contribution >= 4 is 49.0 Å². The number of benzene rings is 2. The fourth-order valence-electron chi connectivity index (χ4n) is 3.76. The summed E-state index contributed by atoms with van der Waals surface area (Å²) in [5.74, 6) is -0.666. The minimum atomic E-state index is -3.76. The van der Waals surface area contributed by atoms with Crippen molar-refractivity contribution in [3.8, 4) is 0 Å². The molecule has 30 heavy (non-hydrogen) atoms. The summed E-state index contributed by atoms with van der Waals surface area (Å²) in [5.41, 5.74) is 2.99. The summed E-state index contributed by atoms with van der Waals surface area (Å²) in [7, 11) is -3.76. The van der Waals surface area contributed by atoms with E-state index in [0.29, 0.717) is 28.8 Å². The van der Waals surface area contributed by atoms with E-state index < -0.39 is 9.84 Å². The Bertz CT molecular complexity index is 1130. The number of amides is 2. The standard InChI is InChI=1S/C22H23BrN2O4S/c1-14-3-2-4-18(11-14)24-20(26)8-10-30(28,29)19-13-17(23)12-16-7-9-25(21(16)19)22(27)15-5-6-15/h2-4,11-13,15H,5-10H2,1H3,(H,24,26). The third-order valence-electron chi connectivity index (χ3n) is 5.42. The van der Waals surface area contributed by atoms with Gasteiger partial charge in [0.25, 0.3) is 0 Å². The average molecular weight is 491 g/mol. The van der Waals surface area contributed by atoms with Crippen LogP contribution < -0.4 is 10.2 Å². The predicted octanol–water partition coefficient (Wildman–Crippen LogP) is 3.86. The van der Waals surface area contributed by atoms with Crippen molar-refractivity contribution in [3.63, 3.8) is 0 Å². The lowest BCUT2D eigenvalue weighted by atomic mass is 10.2. The first-order valence-corrected chi connectivity index (χ1v) is 12.4. The Morgan fingerprint density at radius 2 is 1.97 bits per heavy atom. The van der Waals surface area contributed by atoms with Gasteiger partial charge in [-0.15, -0.1) is 0 Å². The number of sulfone groups is 1. The molecule has 6 nitrogen and oxygen atoms in total. The van der Waals surface area contributed by atoms with E-state index in [-0.39, 0.29) is 34.8 Å². The third-order valence-corrected chi connectivity index (χ3v) is 7.60. The van der Waals surface area contributed by atoms with Gasteiger partial charge >= 0.3 is 0 Å². The maximum atomic E-state index is 13.2. The normalized spacial score (nSPS) is 15.7. The van der Waals surface area contributed by atoms with Crippen LogP contribution in [0.5, 0.6) is 0 Å². The lowest BCUT2D eigenvalue weighted by Gasteiger charge is -2.20. The van der Waals surface area contributed by atoms with Crippen molar-refractivity contribution in [2.75, 3.05) is 22.5 Å². The minimum absolute atomic E-state index is 0.00436. The van der Waals surface area contributed by atoms with E-state index in [4.69, 9.17) is 0 Å². The molecule has 0 bridgehead atoms. The summed E-state index contributed by atoms with van der Waals surface area (Å²) in [4.78, 5) is 26.8. The summed E-state index contributed by atoms with van der Waals surface area (Å²) in [6, 6.07) is 10.8. The second kappa shape index (κ2) is 8.15. The summed E-state index contributed by atoms with van der Waals surface area (Å²) in [5, 5.41) is 2.74. The number of nitrogens with zero attached hydrogens (tertiary/aromatic N) is 1. The van der Waals surface area contributed by atoms with Crippen molar-refractivity contribution in [2.24, 2.45) is 5.92 Å². The summed E-state index contributed by atoms with van der Waals surface area (Å²) in [6.07, 6.45) is 2.20. The third kappa shape index (κ3) is 4.44. The first kappa shape index (κ1) is 21.1. The fourth-order valence-corrected chi connectivity index (χ4v) is 5.93. The Morgan fingerprint density at radius 1 is 1.20 bits per heavy atom. The Kier molecular flexibility index (Phi) is 5.72. The molecule has 2 aromatic carbocycles. The van der Waals surface area contributed by atoms with Crippen LogP contribution in [0.25, 0.3) is 0 Å². The van der Waals surface area contributed by atoms with Crippen LogP contribution in [0.3, 0.4) is 0 Å². The van der Waals surface area contributed by atoms with Crippen LogP contribution in [0.2, 0.25) is 0 Å². The number of halogens is 1. The van der Waals surface area contributed by atoms with E-state index >= 15 is 0 Å². The maximum absolute atomic E-state index is 13.2. The van der Waals surface area contributed by atoms with Crippen LogP contribution in [-0.4, -0.2) is 32.5 Å². The molecule has 1 aliphatic heterocycles. The number of hydrogen-bond donors (Lipinski definition) is 1. The number of rotatable bonds is 6. The Labute approximate surface area is 184 Å². The molecule has 1 N–H and O–H groups in total. The fraction of sp³-hybridized carbons (Fsp3) is 0.364. The highest BCUT2D eigenvalue weighted by atomic mass is 79.9. The van der Waals surface area contributed by atoms with Gasteiger partial charge in [-0.3, -0.25) is 9.59 Å². The van der Waals surface area contributed by atoms with Gasteiger partial charge in [0.15, 0.2) is 9.84 Å². The molecule has 1 fully saturated rings. The molecule has 0 radical (unpaired) electrons. The molecule has 2 aromatic rings. The van der Waals surface area contributed by atoms with E-state index in [2.05, 4.69) is 21.2 Å². The van der Waals surface area contributed by atoms with Crippen molar-refractivity contribution in [1.82, 2.24) is 0 Å². The SMILES string of the molecule is Cc1cccc(NC(=O)CCS(=O)(=O)c2cc(Br)cc3c2N(C(=O)C2CC2)CC3)c1. The van der Waals surface area contributed by atoms with Crippen LogP contribution in [-0.2, 0) is 25.8 Å². The number of carbonyl (C=O) groups excluding carboxylic acids is 2. The highest BCUT2D eigenvalue weighted by molar-refractivity contribution is 9.10. The zero-order valence-electron chi connectivity index (χ0n) is 16.7. The molecular weight excluding hydrogens is 468 g/mol. The monoisotopic (exact) mass is 490 g/mol. The highest BCUT2D eigenvalue weighted by Gasteiger charge is 2.39. The highest BCUT2D eigenvalue weighted by Crippen LogP contribution is 2.41. The molecule has 1 saturated carbocycles. The minimum Gasteiger partial charge on any atom is -0.326 e. The van der Waals surface area contributed by atoms with Gasteiger partial charge in [0, 0.05) is 29.0 Å². The van der Waals surface area contributed by atoms with Crippen molar-refractivity contribution in [3.05, 3.63) is 52.0 Å². The molecule has 0 atom stereocenters. The number of hydrogen-bond acceptors (Lipinski definition) is 4. The molecule has 158 valence electrons. The van der Waals surface area contributed by atoms with Gasteiger partial charge in [0.05, 0.1) is 16.3 Å². The first-order valence-electron chi connectivity index (χ1n) is 9.98. The summed E-state index contributed by atoms with van der Waals surface area (Å²) >= 11 is 3.39. The Hall–Kier alpha value is -2.19. The number of aryl methyl sites for hydroxylation is 1. The first-order chi connectivity index (χ1) is 14.2. The molecule has 2 aliphatic rings. The quantitative estimate of drug-likeness (QED) is 0.666. The lowest BCUT2D eigenvalue weighted by molar-refractivity contribution is -0.119. The van der Waals surface area contributed by atoms with E-state index in [1.54, 1.807) is 17.0 Å². The van der Waals surface area contributed by atoms with Gasteiger partial charge in [-0.25, -0.2) is 8.42 Å². The van der Waals surface area contributed by atoms with E-state index in [1.165, 1.54) is 0 Å². The number of anilines is 2. The van der Waals surface area contributed by atoms with Crippen molar-refractivity contribution in [1.29, 1.82) is 0 Å². The smallest absolute Gasteiger partial charge is 0.230 e. The van der Waals surface area contributed by atoms with Crippen LogP contribution in [0.4, 0.5) is 11.4 Å². The van der Waals surface area contributed by atoms with E-state index in [0.717, 1.165) is 24.0 Å². The second-order valence-electron chi connectivity index (χ2n) is 7.91. The van der Waals surface area contributed by atoms with Gasteiger partial charge < -0.3 is 10.2 Å². The van der Waals surface area contributed by atoms with E-state index in [1.807, 2.05) is 31.2 Å². The van der Waals surface area contributed by atoms with Crippen LogP contribution in [0.1, 0.15) is 30.4 Å². The molecule has 1 heterocycles. The Morgan fingerprint density at radius 3 is 2.67 bits per heavy atom. The molecule has 0 aromatic heterocycles. The molecule has 1 aliphatic carbocycles. The zero-order valence-corrected chi connectivity index (χ0v) is 19.1. The molecule has 4 rings (SSSR count). The summed E-state index contributed by atoms with van der Waals surface area (Å²) < 4.78 is 27.0. The largest absolute Gasteiger partial charge is 0.326 e. The van der Waals surface area contributed by atoms with Gasteiger partial charge in [-0.1, -0.05) is 28.1 Å². The van der Waals surface area contributed by atoms with Gasteiger partial charge in [-0.05, 0) is 61.6 Å². The van der Waals surface area contributed by atoms with Crippen molar-refractivity contribution < 1.29 is 18.0 Å². The molecule has 0 spiro atoms. The van der Waals surface area contributed by atoms with Crippen LogP contribution in [0, 0.1) is 12.8 Å². The van der Waals surface area contributed by atoms with Gasteiger partial charge in [0.1, 0.15) is 0 Å². The molecule has 2 amide bonds. The maximum Gasteiger partial charge on any atom is 0.230 e. The summed E-state index contributed by atoms with van der Waals surface area (Å²) in [6.45, 7) is 2.42. The number of carbonyl (C=O) groups is 2. The molecular formula is C22H23BrN2O4S. The van der Waals surface area contributed by atoms with Crippen LogP contribution in [0.15, 0.2) is 45.8 Å². The van der Waals surface area contributed by atoms with Gasteiger partial charge in [0.2, 0.25) is 11.8 Å². The van der Waals surface area contributed by atoms with Gasteiger partial charge in [-0.2, -0.15) is 0 Å². The predicted molar refractivity (Wildman–Crippen MR) is 119 cm³/mol. The van der Waals surface area contributed by atoms with E-state index in [9.17, 15) is 18.0 Å². The number of fused-ring (bicyclic) bond motifs is 1. The Balaban J connectivity index is 1.54. The average Bonchev–Trinajstić information content (AvgIpc) is 3.45. The van der Waals surface area contributed by atoms with Crippen LogP contribution >= 0.6 is 15.9 Å². The number of nitrogens with one attached hydrogen (secondary N) is 1. The molecule has 8 heteroatoms. The molecule has 0 saturated heterocycles. The lowest BCUT2D eigenvalue weighted by Crippen LogP contribution is -2.31. The van der Waals surface area contributed by atoms with Crippen molar-refractivity contribution in [2.45, 2.75) is 37.5 Å². The molecule has 0 unspecified atom stereocenters. The topological polar surface area (TPSA) is 83.6 Å². The zero-order chi connectivity index (χ0) is 21.5.